The molecule has 0 aliphatic heterocycles. The smallest absolute Gasteiger partial charge is 0.258 e. The number of sulfonamides is 1. The fourth-order valence-electron chi connectivity index (χ4n) is 1.15. The quantitative estimate of drug-likeness (QED) is 0.716. The Hall–Kier alpha value is -0.920. The summed E-state index contributed by atoms with van der Waals surface area (Å²) in [5.41, 5.74) is 0. The van der Waals surface area contributed by atoms with Gasteiger partial charge in [0.2, 0.25) is 0 Å². The summed E-state index contributed by atoms with van der Waals surface area (Å²) in [7, 11) is -2.03. The molecule has 15 heavy (non-hydrogen) atoms. The number of rotatable bonds is 5. The van der Waals surface area contributed by atoms with E-state index in [0.717, 1.165) is 0 Å². The number of aryl methyl sites for hydroxylation is 1. The van der Waals surface area contributed by atoms with Crippen LogP contribution < -0.4 is 4.72 Å². The van der Waals surface area contributed by atoms with Crippen molar-refractivity contribution in [3.63, 3.8) is 0 Å². The molecule has 0 saturated heterocycles. The predicted octanol–water partition coefficient (Wildman–Crippen LogP) is -0.531. The maximum Gasteiger partial charge on any atom is 0.258 e. The third kappa shape index (κ3) is 2.77. The molecule has 0 spiro atoms. The molecule has 86 valence electrons. The maximum absolute atomic E-state index is 11.8. The fourth-order valence-corrected chi connectivity index (χ4v) is 2.59. The first kappa shape index (κ1) is 12.2. The van der Waals surface area contributed by atoms with Gasteiger partial charge in [-0.15, -0.1) is 0 Å². The van der Waals surface area contributed by atoms with E-state index in [-0.39, 0.29) is 11.6 Å². The highest BCUT2D eigenvalue weighted by atomic mass is 32.2. The monoisotopic (exact) mass is 233 g/mol. The molecule has 0 saturated carbocycles. The summed E-state index contributed by atoms with van der Waals surface area (Å²) in [5.74, 6) is 0. The van der Waals surface area contributed by atoms with Crippen molar-refractivity contribution in [1.82, 2.24) is 14.5 Å². The molecule has 1 heterocycles. The van der Waals surface area contributed by atoms with Gasteiger partial charge in [0.05, 0.1) is 12.8 Å². The number of aliphatic hydroxyl groups excluding tert-OH is 1. The lowest BCUT2D eigenvalue weighted by Crippen LogP contribution is -2.37. The third-order valence-electron chi connectivity index (χ3n) is 2.09. The molecule has 0 bridgehead atoms. The Morgan fingerprint density at radius 1 is 1.67 bits per heavy atom. The van der Waals surface area contributed by atoms with Gasteiger partial charge in [-0.3, -0.25) is 4.68 Å². The largest absolute Gasteiger partial charge is 0.395 e. The average Bonchev–Trinajstić information content (AvgIpc) is 2.61. The molecular formula is C8H15N3O3S. The minimum absolute atomic E-state index is 0.0920. The van der Waals surface area contributed by atoms with Crippen LogP contribution in [0.5, 0.6) is 0 Å². The number of hydrogen-bond acceptors (Lipinski definition) is 4. The topological polar surface area (TPSA) is 84.2 Å². The summed E-state index contributed by atoms with van der Waals surface area (Å²) in [6, 6.07) is 0.955. The summed E-state index contributed by atoms with van der Waals surface area (Å²) in [5, 5.41) is 12.8. The Labute approximate surface area is 89.0 Å². The molecule has 0 amide bonds. The lowest BCUT2D eigenvalue weighted by atomic mass is 10.3. The van der Waals surface area contributed by atoms with Crippen molar-refractivity contribution >= 4 is 10.0 Å². The van der Waals surface area contributed by atoms with E-state index in [4.69, 9.17) is 5.11 Å². The van der Waals surface area contributed by atoms with Crippen LogP contribution in [0.3, 0.4) is 0 Å². The van der Waals surface area contributed by atoms with Crippen molar-refractivity contribution in [3.05, 3.63) is 12.3 Å². The second kappa shape index (κ2) is 4.73. The summed E-state index contributed by atoms with van der Waals surface area (Å²) in [6.45, 7) is 1.58. The predicted molar refractivity (Wildman–Crippen MR) is 54.7 cm³/mol. The third-order valence-corrected chi connectivity index (χ3v) is 3.68. The Morgan fingerprint density at radius 2 is 2.33 bits per heavy atom. The molecule has 2 N–H and O–H groups in total. The van der Waals surface area contributed by atoms with Crippen molar-refractivity contribution in [2.75, 3.05) is 6.61 Å². The second-order valence-electron chi connectivity index (χ2n) is 3.20. The first-order valence-electron chi connectivity index (χ1n) is 4.62. The van der Waals surface area contributed by atoms with Gasteiger partial charge in [0.1, 0.15) is 0 Å². The number of nitrogens with one attached hydrogen (secondary N) is 1. The summed E-state index contributed by atoms with van der Waals surface area (Å²) < 4.78 is 27.2. The first-order valence-corrected chi connectivity index (χ1v) is 6.10. The molecule has 0 aromatic carbocycles. The Kier molecular flexibility index (Phi) is 3.83. The van der Waals surface area contributed by atoms with Crippen LogP contribution in [0.2, 0.25) is 0 Å². The van der Waals surface area contributed by atoms with Crippen LogP contribution in [-0.2, 0) is 17.1 Å². The van der Waals surface area contributed by atoms with E-state index >= 15 is 0 Å². The minimum Gasteiger partial charge on any atom is -0.395 e. The highest BCUT2D eigenvalue weighted by molar-refractivity contribution is 7.89. The molecule has 6 nitrogen and oxygen atoms in total. The van der Waals surface area contributed by atoms with E-state index in [0.29, 0.717) is 6.42 Å². The summed E-state index contributed by atoms with van der Waals surface area (Å²) >= 11 is 0. The summed E-state index contributed by atoms with van der Waals surface area (Å²) in [6.07, 6.45) is 1.95. The first-order chi connectivity index (χ1) is 7.01. The van der Waals surface area contributed by atoms with Crippen LogP contribution in [0.4, 0.5) is 0 Å². The van der Waals surface area contributed by atoms with Crippen molar-refractivity contribution in [3.8, 4) is 0 Å². The Bertz CT molecular complexity index is 409. The fraction of sp³-hybridized carbons (Fsp3) is 0.625. The van der Waals surface area contributed by atoms with Gasteiger partial charge in [-0.2, -0.15) is 5.10 Å². The van der Waals surface area contributed by atoms with E-state index in [2.05, 4.69) is 9.82 Å². The van der Waals surface area contributed by atoms with E-state index in [1.54, 1.807) is 14.0 Å². The molecule has 7 heteroatoms. The van der Waals surface area contributed by atoms with Crippen LogP contribution >= 0.6 is 0 Å². The van der Waals surface area contributed by atoms with E-state index in [9.17, 15) is 8.42 Å². The molecule has 0 aliphatic carbocycles. The number of nitrogens with zero attached hydrogens (tertiary/aromatic N) is 2. The van der Waals surface area contributed by atoms with Gasteiger partial charge in [-0.05, 0) is 12.5 Å². The van der Waals surface area contributed by atoms with Crippen molar-refractivity contribution in [1.29, 1.82) is 0 Å². The average molecular weight is 233 g/mol. The molecule has 1 aromatic heterocycles. The van der Waals surface area contributed by atoms with Crippen LogP contribution in [0, 0.1) is 0 Å². The van der Waals surface area contributed by atoms with Gasteiger partial charge in [0.15, 0.2) is 5.03 Å². The molecule has 1 aromatic rings. The van der Waals surface area contributed by atoms with E-state index in [1.165, 1.54) is 16.9 Å². The van der Waals surface area contributed by atoms with E-state index < -0.39 is 16.1 Å². The zero-order valence-corrected chi connectivity index (χ0v) is 9.53. The zero-order chi connectivity index (χ0) is 11.5. The number of aromatic nitrogens is 2. The van der Waals surface area contributed by atoms with Gasteiger partial charge in [0.25, 0.3) is 10.0 Å². The van der Waals surface area contributed by atoms with Crippen molar-refractivity contribution in [2.45, 2.75) is 24.4 Å². The highest BCUT2D eigenvalue weighted by Gasteiger charge is 2.21. The van der Waals surface area contributed by atoms with E-state index in [1.807, 2.05) is 0 Å². The standard InChI is InChI=1S/C8H15N3O3S/c1-3-7(6-12)10-15(13,14)8-4-5-9-11(8)2/h4-5,7,10,12H,3,6H2,1-2H3/t7-/m0/s1. The van der Waals surface area contributed by atoms with Gasteiger partial charge in [-0.1, -0.05) is 6.92 Å². The normalized spacial score (nSPS) is 14.1. The minimum atomic E-state index is -3.58. The van der Waals surface area contributed by atoms with Gasteiger partial charge < -0.3 is 5.11 Å². The van der Waals surface area contributed by atoms with Crippen LogP contribution in [0.1, 0.15) is 13.3 Å². The van der Waals surface area contributed by atoms with Crippen LogP contribution in [-0.4, -0.2) is 36.0 Å². The lowest BCUT2D eigenvalue weighted by Gasteiger charge is -2.13. The zero-order valence-electron chi connectivity index (χ0n) is 8.71. The van der Waals surface area contributed by atoms with Crippen LogP contribution in [0.25, 0.3) is 0 Å². The lowest BCUT2D eigenvalue weighted by molar-refractivity contribution is 0.253. The SMILES string of the molecule is CC[C@@H](CO)NS(=O)(=O)c1ccnn1C. The van der Waals surface area contributed by atoms with Gasteiger partial charge >= 0.3 is 0 Å². The van der Waals surface area contributed by atoms with Gasteiger partial charge in [0, 0.05) is 13.1 Å². The van der Waals surface area contributed by atoms with Crippen molar-refractivity contribution < 1.29 is 13.5 Å². The summed E-state index contributed by atoms with van der Waals surface area (Å²) in [4.78, 5) is 0. The highest BCUT2D eigenvalue weighted by Crippen LogP contribution is 2.07. The number of hydrogen-bond donors (Lipinski definition) is 2. The molecule has 0 fully saturated rings. The Morgan fingerprint density at radius 3 is 2.73 bits per heavy atom. The molecule has 1 rings (SSSR count). The number of aliphatic hydroxyl groups is 1. The van der Waals surface area contributed by atoms with Crippen molar-refractivity contribution in [2.24, 2.45) is 7.05 Å². The Balaban J connectivity index is 2.90. The molecule has 1 atom stereocenters. The van der Waals surface area contributed by atoms with Gasteiger partial charge in [-0.25, -0.2) is 13.1 Å². The molecule has 0 unspecified atom stereocenters. The molecule has 0 radical (unpaired) electrons. The molecular weight excluding hydrogens is 218 g/mol. The molecule has 0 aliphatic rings. The second-order valence-corrected chi connectivity index (χ2v) is 4.86. The maximum atomic E-state index is 11.8. The van der Waals surface area contributed by atoms with Crippen LogP contribution in [0.15, 0.2) is 17.3 Å².